The van der Waals surface area contributed by atoms with Crippen molar-refractivity contribution in [2.24, 2.45) is 11.8 Å². The fraction of sp³-hybridized carbons (Fsp3) is 0.929. The summed E-state index contributed by atoms with van der Waals surface area (Å²) in [6, 6.07) is 0.206. The van der Waals surface area contributed by atoms with Crippen LogP contribution in [0.1, 0.15) is 44.9 Å². The topological polar surface area (TPSA) is 61.4 Å². The van der Waals surface area contributed by atoms with E-state index in [4.69, 9.17) is 0 Å². The Bertz CT molecular complexity index is 265. The highest BCUT2D eigenvalue weighted by molar-refractivity contribution is 5.76. The molecule has 1 heterocycles. The van der Waals surface area contributed by atoms with Crippen molar-refractivity contribution in [1.82, 2.24) is 10.6 Å². The van der Waals surface area contributed by atoms with Crippen LogP contribution in [0.3, 0.4) is 0 Å². The third-order valence-corrected chi connectivity index (χ3v) is 4.42. The van der Waals surface area contributed by atoms with Gasteiger partial charge in [0.05, 0.1) is 0 Å². The lowest BCUT2D eigenvalue weighted by atomic mass is 9.84. The van der Waals surface area contributed by atoms with Crippen molar-refractivity contribution in [3.63, 3.8) is 0 Å². The van der Waals surface area contributed by atoms with Gasteiger partial charge in [0, 0.05) is 25.0 Å². The highest BCUT2D eigenvalue weighted by atomic mass is 16.3. The molecule has 0 aromatic heterocycles. The minimum atomic E-state index is 0.187. The van der Waals surface area contributed by atoms with Gasteiger partial charge >= 0.3 is 0 Å². The summed E-state index contributed by atoms with van der Waals surface area (Å²) in [6.45, 7) is 2.29. The standard InChI is InChI=1S/C14H26N2O2/c17-10-12-3-1-2-4-13(12)16-14(18)9-11-5-7-15-8-6-11/h11-13,15,17H,1-10H2,(H,16,18)/t12-,13-/m1/s1. The van der Waals surface area contributed by atoms with Crippen molar-refractivity contribution in [2.45, 2.75) is 51.0 Å². The Balaban J connectivity index is 1.75. The highest BCUT2D eigenvalue weighted by Gasteiger charge is 2.26. The van der Waals surface area contributed by atoms with Gasteiger partial charge in [0.2, 0.25) is 5.91 Å². The Morgan fingerprint density at radius 2 is 1.89 bits per heavy atom. The van der Waals surface area contributed by atoms with Crippen LogP contribution in [-0.2, 0) is 4.79 Å². The quantitative estimate of drug-likeness (QED) is 0.702. The number of nitrogens with one attached hydrogen (secondary N) is 2. The van der Waals surface area contributed by atoms with E-state index in [1.807, 2.05) is 0 Å². The second kappa shape index (κ2) is 7.10. The Morgan fingerprint density at radius 1 is 1.17 bits per heavy atom. The Labute approximate surface area is 110 Å². The summed E-state index contributed by atoms with van der Waals surface area (Å²) in [7, 11) is 0. The molecule has 0 aromatic rings. The van der Waals surface area contributed by atoms with Crippen LogP contribution >= 0.6 is 0 Å². The molecule has 0 radical (unpaired) electrons. The van der Waals surface area contributed by atoms with Gasteiger partial charge in [-0.3, -0.25) is 4.79 Å². The number of hydrogen-bond donors (Lipinski definition) is 3. The first-order valence-electron chi connectivity index (χ1n) is 7.40. The summed E-state index contributed by atoms with van der Waals surface area (Å²) in [5.41, 5.74) is 0. The summed E-state index contributed by atoms with van der Waals surface area (Å²) >= 11 is 0. The first kappa shape index (κ1) is 13.8. The number of rotatable bonds is 4. The molecule has 2 atom stereocenters. The fourth-order valence-electron chi connectivity index (χ4n) is 3.23. The summed E-state index contributed by atoms with van der Waals surface area (Å²) in [4.78, 5) is 12.0. The van der Waals surface area contributed by atoms with E-state index in [0.29, 0.717) is 12.3 Å². The highest BCUT2D eigenvalue weighted by Crippen LogP contribution is 2.24. The van der Waals surface area contributed by atoms with Gasteiger partial charge in [-0.15, -0.1) is 0 Å². The Kier molecular flexibility index (Phi) is 5.45. The molecular weight excluding hydrogens is 228 g/mol. The predicted molar refractivity (Wildman–Crippen MR) is 71.2 cm³/mol. The van der Waals surface area contributed by atoms with Gasteiger partial charge in [0.1, 0.15) is 0 Å². The summed E-state index contributed by atoms with van der Waals surface area (Å²) in [6.07, 6.45) is 7.33. The monoisotopic (exact) mass is 254 g/mol. The molecule has 2 aliphatic rings. The zero-order valence-electron chi connectivity index (χ0n) is 11.2. The fourth-order valence-corrected chi connectivity index (χ4v) is 3.23. The van der Waals surface area contributed by atoms with E-state index in [-0.39, 0.29) is 24.5 Å². The van der Waals surface area contributed by atoms with Crippen LogP contribution in [0.5, 0.6) is 0 Å². The van der Waals surface area contributed by atoms with Crippen LogP contribution in [0.25, 0.3) is 0 Å². The van der Waals surface area contributed by atoms with Gasteiger partial charge in [0.15, 0.2) is 0 Å². The largest absolute Gasteiger partial charge is 0.396 e. The van der Waals surface area contributed by atoms with Gasteiger partial charge in [-0.25, -0.2) is 0 Å². The molecule has 4 nitrogen and oxygen atoms in total. The third kappa shape index (κ3) is 3.95. The van der Waals surface area contributed by atoms with Crippen LogP contribution < -0.4 is 10.6 Å². The molecule has 18 heavy (non-hydrogen) atoms. The van der Waals surface area contributed by atoms with Crippen molar-refractivity contribution < 1.29 is 9.90 Å². The van der Waals surface area contributed by atoms with E-state index >= 15 is 0 Å². The molecule has 0 aromatic carbocycles. The lowest BCUT2D eigenvalue weighted by Crippen LogP contribution is -2.44. The molecule has 1 saturated heterocycles. The average Bonchev–Trinajstić information content (AvgIpc) is 2.40. The van der Waals surface area contributed by atoms with E-state index < -0.39 is 0 Å². The van der Waals surface area contributed by atoms with E-state index in [1.54, 1.807) is 0 Å². The van der Waals surface area contributed by atoms with E-state index in [0.717, 1.165) is 38.8 Å². The van der Waals surface area contributed by atoms with E-state index in [9.17, 15) is 9.90 Å². The van der Waals surface area contributed by atoms with Crippen molar-refractivity contribution in [2.75, 3.05) is 19.7 Å². The maximum absolute atomic E-state index is 12.0. The van der Waals surface area contributed by atoms with Gasteiger partial charge in [-0.2, -0.15) is 0 Å². The molecule has 3 N–H and O–H groups in total. The van der Waals surface area contributed by atoms with Crippen LogP contribution in [0.4, 0.5) is 0 Å². The zero-order chi connectivity index (χ0) is 12.8. The Hall–Kier alpha value is -0.610. The molecule has 0 bridgehead atoms. The lowest BCUT2D eigenvalue weighted by molar-refractivity contribution is -0.123. The number of carbonyl (C=O) groups excluding carboxylic acids is 1. The second-order valence-corrected chi connectivity index (χ2v) is 5.80. The second-order valence-electron chi connectivity index (χ2n) is 5.80. The number of amides is 1. The molecule has 2 fully saturated rings. The van der Waals surface area contributed by atoms with Crippen molar-refractivity contribution in [3.8, 4) is 0 Å². The minimum absolute atomic E-state index is 0.187. The smallest absolute Gasteiger partial charge is 0.220 e. The average molecular weight is 254 g/mol. The number of piperidine rings is 1. The molecule has 2 rings (SSSR count). The Morgan fingerprint density at radius 3 is 2.61 bits per heavy atom. The molecule has 0 spiro atoms. The normalized spacial score (nSPS) is 30.1. The SMILES string of the molecule is O=C(CC1CCNCC1)N[C@@H]1CCCC[C@@H]1CO. The summed E-state index contributed by atoms with van der Waals surface area (Å²) in [5.74, 6) is 1.00. The van der Waals surface area contributed by atoms with E-state index in [1.165, 1.54) is 12.8 Å². The maximum atomic E-state index is 12.0. The number of aliphatic hydroxyl groups is 1. The first-order chi connectivity index (χ1) is 8.79. The number of carbonyl (C=O) groups is 1. The van der Waals surface area contributed by atoms with Gasteiger partial charge in [-0.05, 0) is 44.7 Å². The van der Waals surface area contributed by atoms with Crippen LogP contribution in [-0.4, -0.2) is 36.8 Å². The van der Waals surface area contributed by atoms with E-state index in [2.05, 4.69) is 10.6 Å². The third-order valence-electron chi connectivity index (χ3n) is 4.42. The van der Waals surface area contributed by atoms with Gasteiger partial charge in [-0.1, -0.05) is 12.8 Å². The predicted octanol–water partition coefficient (Wildman–Crippen LogP) is 1.04. The molecule has 1 saturated carbocycles. The molecule has 1 amide bonds. The number of aliphatic hydroxyl groups excluding tert-OH is 1. The number of hydrogen-bond acceptors (Lipinski definition) is 3. The van der Waals surface area contributed by atoms with Crippen LogP contribution in [0, 0.1) is 11.8 Å². The maximum Gasteiger partial charge on any atom is 0.220 e. The van der Waals surface area contributed by atoms with Crippen molar-refractivity contribution >= 4 is 5.91 Å². The minimum Gasteiger partial charge on any atom is -0.396 e. The van der Waals surface area contributed by atoms with Gasteiger partial charge in [0.25, 0.3) is 0 Å². The van der Waals surface area contributed by atoms with Crippen LogP contribution in [0.15, 0.2) is 0 Å². The molecule has 4 heteroatoms. The first-order valence-corrected chi connectivity index (χ1v) is 7.40. The van der Waals surface area contributed by atoms with Gasteiger partial charge < -0.3 is 15.7 Å². The molecule has 1 aliphatic carbocycles. The lowest BCUT2D eigenvalue weighted by Gasteiger charge is -2.31. The summed E-state index contributed by atoms with van der Waals surface area (Å²) in [5, 5.41) is 15.8. The van der Waals surface area contributed by atoms with Crippen molar-refractivity contribution in [1.29, 1.82) is 0 Å². The van der Waals surface area contributed by atoms with Crippen molar-refractivity contribution in [3.05, 3.63) is 0 Å². The molecule has 1 aliphatic heterocycles. The molecule has 104 valence electrons. The summed E-state index contributed by atoms with van der Waals surface area (Å²) < 4.78 is 0. The molecule has 0 unspecified atom stereocenters. The van der Waals surface area contributed by atoms with Crippen LogP contribution in [0.2, 0.25) is 0 Å². The zero-order valence-corrected chi connectivity index (χ0v) is 11.2. The molecular formula is C14H26N2O2.